The molecule has 1 aromatic heterocycles. The first-order chi connectivity index (χ1) is 12.2. The minimum Gasteiger partial charge on any atom is -0.347 e. The first kappa shape index (κ1) is 19.4. The van der Waals surface area contributed by atoms with Gasteiger partial charge in [0.25, 0.3) is 5.91 Å². The molecule has 0 spiro atoms. The molecule has 1 heterocycles. The van der Waals surface area contributed by atoms with Crippen molar-refractivity contribution >= 4 is 11.7 Å². The van der Waals surface area contributed by atoms with E-state index in [4.69, 9.17) is 0 Å². The van der Waals surface area contributed by atoms with Crippen LogP contribution in [-0.2, 0) is 11.0 Å². The molecule has 0 bridgehead atoms. The van der Waals surface area contributed by atoms with Gasteiger partial charge >= 0.3 is 6.18 Å². The molecule has 1 amide bonds. The molecule has 138 valence electrons. The summed E-state index contributed by atoms with van der Waals surface area (Å²) in [6, 6.07) is 5.80. The molecule has 1 aromatic carbocycles. The minimum atomic E-state index is -4.53. The number of hydrogen-bond donors (Lipinski definition) is 2. The fraction of sp³-hybridized carbons (Fsp3) is 0.278. The van der Waals surface area contributed by atoms with E-state index >= 15 is 0 Å². The predicted molar refractivity (Wildman–Crippen MR) is 90.4 cm³/mol. The van der Waals surface area contributed by atoms with Crippen LogP contribution in [0.1, 0.15) is 35.8 Å². The summed E-state index contributed by atoms with van der Waals surface area (Å²) < 4.78 is 39.4. The summed E-state index contributed by atoms with van der Waals surface area (Å²) in [5.41, 5.74) is -0.939. The molecule has 26 heavy (non-hydrogen) atoms. The van der Waals surface area contributed by atoms with Crippen molar-refractivity contribution in [3.05, 3.63) is 54.2 Å². The summed E-state index contributed by atoms with van der Waals surface area (Å²) in [4.78, 5) is 23.5. The average molecular weight is 365 g/mol. The number of halogens is 3. The van der Waals surface area contributed by atoms with Crippen molar-refractivity contribution in [3.63, 3.8) is 0 Å². The highest BCUT2D eigenvalue weighted by Gasteiger charge is 2.34. The molecular weight excluding hydrogens is 347 g/mol. The van der Waals surface area contributed by atoms with E-state index in [-0.39, 0.29) is 29.2 Å². The lowest BCUT2D eigenvalue weighted by Gasteiger charge is -2.14. The van der Waals surface area contributed by atoms with E-state index in [0.29, 0.717) is 6.42 Å². The zero-order valence-electron chi connectivity index (χ0n) is 14.1. The van der Waals surface area contributed by atoms with Crippen LogP contribution in [0.15, 0.2) is 43.0 Å². The van der Waals surface area contributed by atoms with Crippen LogP contribution in [0, 0.1) is 0 Å². The highest BCUT2D eigenvalue weighted by molar-refractivity contribution is 5.94. The normalized spacial score (nSPS) is 12.5. The van der Waals surface area contributed by atoms with Crippen molar-refractivity contribution in [2.75, 3.05) is 0 Å². The van der Waals surface area contributed by atoms with E-state index in [1.807, 2.05) is 0 Å². The van der Waals surface area contributed by atoms with Crippen LogP contribution in [-0.4, -0.2) is 27.9 Å². The zero-order chi connectivity index (χ0) is 19.3. The quantitative estimate of drug-likeness (QED) is 0.734. The number of amides is 1. The molecule has 0 radical (unpaired) electrons. The van der Waals surface area contributed by atoms with Crippen LogP contribution in [0.2, 0.25) is 0 Å². The van der Waals surface area contributed by atoms with Gasteiger partial charge in [-0.25, -0.2) is 0 Å². The number of rotatable bonds is 7. The molecule has 0 aliphatic rings. The Hall–Kier alpha value is -2.90. The number of carbonyl (C=O) groups excluding carboxylic acids is 2. The number of nitrogens with zero attached hydrogens (tertiary/aromatic N) is 1. The van der Waals surface area contributed by atoms with Crippen LogP contribution in [0.3, 0.4) is 0 Å². The number of aromatic amines is 1. The summed E-state index contributed by atoms with van der Waals surface area (Å²) in [6.07, 6.45) is -2.43. The summed E-state index contributed by atoms with van der Waals surface area (Å²) in [7, 11) is 0. The average Bonchev–Trinajstić information content (AvgIpc) is 3.03. The largest absolute Gasteiger partial charge is 0.417 e. The summed E-state index contributed by atoms with van der Waals surface area (Å²) in [6.45, 7) is 4.98. The second kappa shape index (κ2) is 7.99. The Morgan fingerprint density at radius 2 is 2.04 bits per heavy atom. The van der Waals surface area contributed by atoms with Crippen LogP contribution in [0.25, 0.3) is 11.3 Å². The zero-order valence-corrected chi connectivity index (χ0v) is 14.1. The van der Waals surface area contributed by atoms with Gasteiger partial charge in [0.1, 0.15) is 11.5 Å². The van der Waals surface area contributed by atoms with Gasteiger partial charge in [-0.3, -0.25) is 14.7 Å². The van der Waals surface area contributed by atoms with E-state index in [1.54, 1.807) is 6.08 Å². The van der Waals surface area contributed by atoms with E-state index in [9.17, 15) is 22.8 Å². The van der Waals surface area contributed by atoms with Crippen molar-refractivity contribution in [2.24, 2.45) is 0 Å². The fourth-order valence-electron chi connectivity index (χ4n) is 2.53. The second-order valence-corrected chi connectivity index (χ2v) is 5.81. The van der Waals surface area contributed by atoms with Crippen molar-refractivity contribution < 1.29 is 22.8 Å². The van der Waals surface area contributed by atoms with Gasteiger partial charge in [-0.1, -0.05) is 24.3 Å². The number of aromatic nitrogens is 2. The Balaban J connectivity index is 2.23. The summed E-state index contributed by atoms with van der Waals surface area (Å²) in [5.74, 6) is -0.650. The first-order valence-corrected chi connectivity index (χ1v) is 7.85. The van der Waals surface area contributed by atoms with Gasteiger partial charge in [0.05, 0.1) is 11.3 Å². The second-order valence-electron chi connectivity index (χ2n) is 5.81. The van der Waals surface area contributed by atoms with E-state index < -0.39 is 23.7 Å². The molecule has 0 unspecified atom stereocenters. The van der Waals surface area contributed by atoms with E-state index in [0.717, 1.165) is 6.07 Å². The van der Waals surface area contributed by atoms with E-state index in [2.05, 4.69) is 22.1 Å². The Bertz CT molecular complexity index is 812. The third-order valence-electron chi connectivity index (χ3n) is 3.65. The number of carbonyl (C=O) groups is 2. The van der Waals surface area contributed by atoms with Gasteiger partial charge in [0.2, 0.25) is 0 Å². The first-order valence-electron chi connectivity index (χ1n) is 7.85. The van der Waals surface area contributed by atoms with Gasteiger partial charge in [-0.2, -0.15) is 18.3 Å². The SMILES string of the molecule is C=CC[C@@H](CC(C)=O)NC(=O)c1cc(-c2ccccc2C(F)(F)F)n[nH]1. The number of H-pyrrole nitrogens is 1. The molecule has 2 N–H and O–H groups in total. The smallest absolute Gasteiger partial charge is 0.347 e. The van der Waals surface area contributed by atoms with Crippen molar-refractivity contribution in [2.45, 2.75) is 32.0 Å². The number of nitrogens with one attached hydrogen (secondary N) is 2. The Morgan fingerprint density at radius 1 is 1.35 bits per heavy atom. The fourth-order valence-corrected chi connectivity index (χ4v) is 2.53. The molecule has 2 rings (SSSR count). The lowest BCUT2D eigenvalue weighted by atomic mass is 10.0. The van der Waals surface area contributed by atoms with Crippen molar-refractivity contribution in [3.8, 4) is 11.3 Å². The van der Waals surface area contributed by atoms with Crippen LogP contribution >= 0.6 is 0 Å². The lowest BCUT2D eigenvalue weighted by Crippen LogP contribution is -2.36. The molecule has 8 heteroatoms. The Morgan fingerprint density at radius 3 is 2.65 bits per heavy atom. The highest BCUT2D eigenvalue weighted by atomic mass is 19.4. The number of hydrogen-bond acceptors (Lipinski definition) is 3. The van der Waals surface area contributed by atoms with Crippen LogP contribution < -0.4 is 5.32 Å². The summed E-state index contributed by atoms with van der Waals surface area (Å²) >= 11 is 0. The maximum absolute atomic E-state index is 13.1. The molecule has 0 saturated heterocycles. The molecule has 2 aromatic rings. The third-order valence-corrected chi connectivity index (χ3v) is 3.65. The van der Waals surface area contributed by atoms with Gasteiger partial charge in [0.15, 0.2) is 0 Å². The topological polar surface area (TPSA) is 74.8 Å². The molecule has 0 saturated carbocycles. The molecule has 0 aliphatic carbocycles. The monoisotopic (exact) mass is 365 g/mol. The van der Waals surface area contributed by atoms with E-state index in [1.165, 1.54) is 31.2 Å². The highest BCUT2D eigenvalue weighted by Crippen LogP contribution is 2.36. The van der Waals surface area contributed by atoms with Gasteiger partial charge in [-0.05, 0) is 25.5 Å². The van der Waals surface area contributed by atoms with Crippen LogP contribution in [0.4, 0.5) is 13.2 Å². The summed E-state index contributed by atoms with van der Waals surface area (Å²) in [5, 5.41) is 8.92. The van der Waals surface area contributed by atoms with Crippen molar-refractivity contribution in [1.82, 2.24) is 15.5 Å². The number of alkyl halides is 3. The number of Topliss-reactive ketones (excluding diaryl/α,β-unsaturated/α-hetero) is 1. The standard InChI is InChI=1S/C18H18F3N3O2/c1-3-6-12(9-11(2)25)22-17(26)16-10-15(23-24-16)13-7-4-5-8-14(13)18(19,20)21/h3-5,7-8,10,12H,1,6,9H2,2H3,(H,22,26)(H,23,24)/t12-/m0/s1. The molecular formula is C18H18F3N3O2. The Labute approximate surface area is 148 Å². The maximum Gasteiger partial charge on any atom is 0.417 e. The van der Waals surface area contributed by atoms with Gasteiger partial charge in [0, 0.05) is 18.0 Å². The van der Waals surface area contributed by atoms with Gasteiger partial charge < -0.3 is 5.32 Å². The molecule has 5 nitrogen and oxygen atoms in total. The molecule has 0 aliphatic heterocycles. The third kappa shape index (κ3) is 4.81. The molecule has 1 atom stereocenters. The number of ketones is 1. The minimum absolute atomic E-state index is 0.00888. The predicted octanol–water partition coefficient (Wildman–Crippen LogP) is 3.75. The maximum atomic E-state index is 13.1. The van der Waals surface area contributed by atoms with Crippen molar-refractivity contribution in [1.29, 1.82) is 0 Å². The lowest BCUT2D eigenvalue weighted by molar-refractivity contribution is -0.137. The van der Waals surface area contributed by atoms with Crippen LogP contribution in [0.5, 0.6) is 0 Å². The number of benzene rings is 1. The molecule has 0 fully saturated rings. The Kier molecular flexibility index (Phi) is 5.97. The van der Waals surface area contributed by atoms with Gasteiger partial charge in [-0.15, -0.1) is 6.58 Å².